The van der Waals surface area contributed by atoms with Crippen molar-refractivity contribution < 1.29 is 18.3 Å². The number of nitrogens with zero attached hydrogens (tertiary/aromatic N) is 1. The molecule has 6 heteroatoms. The summed E-state index contributed by atoms with van der Waals surface area (Å²) in [6.45, 7) is 4.31. The van der Waals surface area contributed by atoms with Crippen LogP contribution in [0.5, 0.6) is 0 Å². The van der Waals surface area contributed by atoms with Crippen LogP contribution < -0.4 is 5.32 Å². The molecule has 0 saturated heterocycles. The third kappa shape index (κ3) is 5.01. The van der Waals surface area contributed by atoms with E-state index < -0.39 is 17.7 Å². The molecule has 0 aromatic carbocycles. The zero-order chi connectivity index (χ0) is 13.4. The van der Waals surface area contributed by atoms with Crippen molar-refractivity contribution in [3.8, 4) is 0 Å². The van der Waals surface area contributed by atoms with Gasteiger partial charge in [0.1, 0.15) is 0 Å². The number of hydrogen-bond acceptors (Lipinski definition) is 3. The molecular weight excluding hydrogens is 242 g/mol. The smallest absolute Gasteiger partial charge is 0.224 e. The Balaban J connectivity index is 2.35. The molecule has 0 saturated carbocycles. The molecule has 0 aliphatic rings. The second-order valence-electron chi connectivity index (χ2n) is 3.50. The highest BCUT2D eigenvalue weighted by molar-refractivity contribution is 5.90. The Morgan fingerprint density at radius 1 is 1.56 bits per heavy atom. The third-order valence-electron chi connectivity index (χ3n) is 2.02. The number of anilines is 1. The zero-order valence-corrected chi connectivity index (χ0v) is 9.79. The number of ether oxygens (including phenoxy) is 1. The Labute approximate surface area is 104 Å². The Kier molecular flexibility index (Phi) is 5.93. The van der Waals surface area contributed by atoms with Crippen molar-refractivity contribution >= 4 is 11.6 Å². The van der Waals surface area contributed by atoms with Crippen LogP contribution in [0.15, 0.2) is 24.9 Å². The van der Waals surface area contributed by atoms with E-state index in [1.807, 2.05) is 0 Å². The molecule has 0 unspecified atom stereocenters. The minimum absolute atomic E-state index is 0.167. The highest BCUT2D eigenvalue weighted by Crippen LogP contribution is 2.13. The predicted molar refractivity (Wildman–Crippen MR) is 63.0 cm³/mol. The Hall–Kier alpha value is -1.82. The first-order chi connectivity index (χ1) is 8.63. The first-order valence-electron chi connectivity index (χ1n) is 5.43. The third-order valence-corrected chi connectivity index (χ3v) is 2.02. The van der Waals surface area contributed by atoms with E-state index >= 15 is 0 Å². The fourth-order valence-corrected chi connectivity index (χ4v) is 1.22. The monoisotopic (exact) mass is 256 g/mol. The second kappa shape index (κ2) is 7.50. The van der Waals surface area contributed by atoms with Gasteiger partial charge in [-0.15, -0.1) is 6.58 Å². The fourth-order valence-electron chi connectivity index (χ4n) is 1.22. The van der Waals surface area contributed by atoms with Crippen LogP contribution in [-0.2, 0) is 9.53 Å². The van der Waals surface area contributed by atoms with Crippen LogP contribution in [0.3, 0.4) is 0 Å². The van der Waals surface area contributed by atoms with Gasteiger partial charge in [-0.25, -0.2) is 9.37 Å². The number of carbonyl (C=O) groups is 1. The van der Waals surface area contributed by atoms with Gasteiger partial charge >= 0.3 is 0 Å². The highest BCUT2D eigenvalue weighted by atomic mass is 19.1. The van der Waals surface area contributed by atoms with Crippen LogP contribution in [0.2, 0.25) is 0 Å². The van der Waals surface area contributed by atoms with Gasteiger partial charge < -0.3 is 10.1 Å². The number of hydrogen-bond donors (Lipinski definition) is 1. The molecule has 1 heterocycles. The maximum atomic E-state index is 13.1. The largest absolute Gasteiger partial charge is 0.377 e. The minimum atomic E-state index is -0.846. The number of pyridine rings is 1. The van der Waals surface area contributed by atoms with E-state index in [0.717, 1.165) is 12.3 Å². The maximum absolute atomic E-state index is 13.1. The van der Waals surface area contributed by atoms with E-state index in [0.29, 0.717) is 19.6 Å². The van der Waals surface area contributed by atoms with Crippen molar-refractivity contribution in [2.75, 3.05) is 18.5 Å². The summed E-state index contributed by atoms with van der Waals surface area (Å²) in [7, 11) is 0. The van der Waals surface area contributed by atoms with Gasteiger partial charge in [-0.1, -0.05) is 6.08 Å². The number of amides is 1. The van der Waals surface area contributed by atoms with Crippen LogP contribution >= 0.6 is 0 Å². The van der Waals surface area contributed by atoms with E-state index in [-0.39, 0.29) is 12.1 Å². The lowest BCUT2D eigenvalue weighted by atomic mass is 10.3. The number of rotatable bonds is 7. The van der Waals surface area contributed by atoms with E-state index in [9.17, 15) is 13.6 Å². The van der Waals surface area contributed by atoms with Crippen LogP contribution in [0.4, 0.5) is 14.5 Å². The predicted octanol–water partition coefficient (Wildman–Crippen LogP) is 2.28. The molecule has 1 rings (SSSR count). The van der Waals surface area contributed by atoms with E-state index in [2.05, 4.69) is 16.9 Å². The van der Waals surface area contributed by atoms with Crippen LogP contribution in [0.25, 0.3) is 0 Å². The summed E-state index contributed by atoms with van der Waals surface area (Å²) in [6.07, 6.45) is 2.99. The molecule has 0 atom stereocenters. The van der Waals surface area contributed by atoms with Gasteiger partial charge in [0, 0.05) is 19.1 Å². The molecule has 1 amide bonds. The van der Waals surface area contributed by atoms with Gasteiger partial charge in [-0.05, 0) is 6.42 Å². The lowest BCUT2D eigenvalue weighted by Crippen LogP contribution is -2.13. The Bertz CT molecular complexity index is 425. The summed E-state index contributed by atoms with van der Waals surface area (Å²) in [5, 5.41) is 2.27. The normalized spacial score (nSPS) is 10.1. The molecule has 1 aromatic heterocycles. The van der Waals surface area contributed by atoms with E-state index in [1.54, 1.807) is 6.08 Å². The average molecular weight is 256 g/mol. The lowest BCUT2D eigenvalue weighted by Gasteiger charge is -2.06. The number of carbonyl (C=O) groups excluding carboxylic acids is 1. The van der Waals surface area contributed by atoms with Crippen LogP contribution in [0.1, 0.15) is 12.8 Å². The average Bonchev–Trinajstić information content (AvgIpc) is 2.33. The maximum Gasteiger partial charge on any atom is 0.224 e. The molecule has 0 bridgehead atoms. The molecule has 98 valence electrons. The van der Waals surface area contributed by atoms with E-state index in [1.165, 1.54) is 0 Å². The van der Waals surface area contributed by atoms with E-state index in [4.69, 9.17) is 4.74 Å². The van der Waals surface area contributed by atoms with Crippen molar-refractivity contribution in [3.63, 3.8) is 0 Å². The summed E-state index contributed by atoms with van der Waals surface area (Å²) >= 11 is 0. The highest BCUT2D eigenvalue weighted by Gasteiger charge is 2.08. The minimum Gasteiger partial charge on any atom is -0.377 e. The lowest BCUT2D eigenvalue weighted by molar-refractivity contribution is -0.116. The zero-order valence-electron chi connectivity index (χ0n) is 9.79. The molecule has 0 fully saturated rings. The molecule has 1 N–H and O–H groups in total. The topological polar surface area (TPSA) is 51.2 Å². The van der Waals surface area contributed by atoms with Gasteiger partial charge in [-0.2, -0.15) is 4.39 Å². The van der Waals surface area contributed by atoms with Crippen LogP contribution in [-0.4, -0.2) is 24.1 Å². The van der Waals surface area contributed by atoms with Crippen LogP contribution in [0, 0.1) is 11.8 Å². The molecule has 1 aromatic rings. The van der Waals surface area contributed by atoms with Gasteiger partial charge in [0.2, 0.25) is 11.9 Å². The summed E-state index contributed by atoms with van der Waals surface area (Å²) in [5.74, 6) is -2.02. The van der Waals surface area contributed by atoms with Crippen molar-refractivity contribution in [3.05, 3.63) is 36.7 Å². The Morgan fingerprint density at radius 3 is 3.06 bits per heavy atom. The van der Waals surface area contributed by atoms with Gasteiger partial charge in [0.05, 0.1) is 18.5 Å². The quantitative estimate of drug-likeness (QED) is 0.462. The van der Waals surface area contributed by atoms with Gasteiger partial charge in [-0.3, -0.25) is 4.79 Å². The summed E-state index contributed by atoms with van der Waals surface area (Å²) in [5.41, 5.74) is -0.209. The SMILES string of the molecule is C=CCOCCCC(=O)Nc1cc(F)ncc1F. The van der Waals surface area contributed by atoms with Gasteiger partial charge in [0.15, 0.2) is 5.82 Å². The van der Waals surface area contributed by atoms with Gasteiger partial charge in [0.25, 0.3) is 0 Å². The first kappa shape index (κ1) is 14.2. The number of nitrogens with one attached hydrogen (secondary N) is 1. The Morgan fingerprint density at radius 2 is 2.33 bits per heavy atom. The van der Waals surface area contributed by atoms with Crippen molar-refractivity contribution in [1.29, 1.82) is 0 Å². The second-order valence-corrected chi connectivity index (χ2v) is 3.50. The number of aromatic nitrogens is 1. The van der Waals surface area contributed by atoms with Crippen molar-refractivity contribution in [2.45, 2.75) is 12.8 Å². The molecule has 0 aliphatic carbocycles. The number of halogens is 2. The van der Waals surface area contributed by atoms with Crippen molar-refractivity contribution in [2.24, 2.45) is 0 Å². The molecule has 0 aliphatic heterocycles. The summed E-state index contributed by atoms with van der Waals surface area (Å²) < 4.78 is 31.0. The molecule has 18 heavy (non-hydrogen) atoms. The standard InChI is InChI=1S/C12H14F2N2O2/c1-2-5-18-6-3-4-12(17)16-10-7-11(14)15-8-9(10)13/h2,7-8H,1,3-6H2,(H,15,16,17). The molecular formula is C12H14F2N2O2. The first-order valence-corrected chi connectivity index (χ1v) is 5.43. The molecule has 0 spiro atoms. The summed E-state index contributed by atoms with van der Waals surface area (Å²) in [4.78, 5) is 14.5. The van der Waals surface area contributed by atoms with Crippen molar-refractivity contribution in [1.82, 2.24) is 4.98 Å². The molecule has 4 nitrogen and oxygen atoms in total. The fraction of sp³-hybridized carbons (Fsp3) is 0.333. The summed E-state index contributed by atoms with van der Waals surface area (Å²) in [6, 6.07) is 0.835. The molecule has 0 radical (unpaired) electrons.